The molecule has 3 atom stereocenters. The number of rotatable bonds is 11. The minimum absolute atomic E-state index is 0.0167. The van der Waals surface area contributed by atoms with E-state index in [4.69, 9.17) is 60.6 Å². The lowest BCUT2D eigenvalue weighted by Crippen LogP contribution is -2.33. The molecule has 0 aliphatic carbocycles. The summed E-state index contributed by atoms with van der Waals surface area (Å²) in [4.78, 5) is 48.0. The molecule has 3 amide bonds. The van der Waals surface area contributed by atoms with Gasteiger partial charge in [0, 0.05) is 79.7 Å². The van der Waals surface area contributed by atoms with Crippen molar-refractivity contribution < 1.29 is 46.5 Å². The maximum absolute atomic E-state index is 12.2. The Morgan fingerprint density at radius 3 is 1.16 bits per heavy atom. The van der Waals surface area contributed by atoms with Crippen molar-refractivity contribution in [3.05, 3.63) is 169 Å². The molecular weight excluding hydrogens is 1040 g/mol. The van der Waals surface area contributed by atoms with E-state index in [-0.39, 0.29) is 62.2 Å². The largest absolute Gasteiger partial charge is 0.468 e. The molecule has 3 aromatic carbocycles. The molecule has 0 saturated carbocycles. The van der Waals surface area contributed by atoms with Gasteiger partial charge < -0.3 is 50.8 Å². The summed E-state index contributed by atoms with van der Waals surface area (Å²) in [5.41, 5.74) is 6.04. The Balaban J connectivity index is 0.000000161. The number of pyridine rings is 3. The van der Waals surface area contributed by atoms with Gasteiger partial charge in [0.2, 0.25) is 5.88 Å². The monoisotopic (exact) mass is 1080 g/mol. The minimum Gasteiger partial charge on any atom is -0.468 e. The summed E-state index contributed by atoms with van der Waals surface area (Å²) in [6, 6.07) is 30.9. The third-order valence-corrected chi connectivity index (χ3v) is 11.6. The van der Waals surface area contributed by atoms with Crippen LogP contribution < -0.4 is 36.6 Å². The van der Waals surface area contributed by atoms with Gasteiger partial charge in [-0.05, 0) is 83.4 Å². The van der Waals surface area contributed by atoms with Crippen molar-refractivity contribution in [2.24, 2.45) is 0 Å². The highest BCUT2D eigenvalue weighted by Crippen LogP contribution is 2.25. The number of morpholine rings is 3. The van der Waals surface area contributed by atoms with Crippen molar-refractivity contribution in [2.45, 2.75) is 24.5 Å². The summed E-state index contributed by atoms with van der Waals surface area (Å²) >= 11 is 23.2. The summed E-state index contributed by atoms with van der Waals surface area (Å²) in [7, 11) is 0. The zero-order chi connectivity index (χ0) is 51.7. The lowest BCUT2D eigenvalue weighted by atomic mass is 10.1. The molecule has 3 aromatic heterocycles. The molecule has 3 fully saturated rings. The molecule has 384 valence electrons. The van der Waals surface area contributed by atoms with E-state index in [1.54, 1.807) is 12.1 Å². The highest BCUT2D eigenvalue weighted by atomic mass is 35.5. The number of anilines is 3. The van der Waals surface area contributed by atoms with Crippen LogP contribution in [0.15, 0.2) is 115 Å². The first-order valence-corrected chi connectivity index (χ1v) is 24.2. The Hall–Kier alpha value is -5.97. The second-order valence-corrected chi connectivity index (χ2v) is 17.8. The van der Waals surface area contributed by atoms with Crippen molar-refractivity contribution in [3.8, 4) is 5.88 Å². The van der Waals surface area contributed by atoms with E-state index in [9.17, 15) is 27.6 Å². The molecule has 0 unspecified atom stereocenters. The molecule has 0 radical (unpaired) electrons. The fourth-order valence-corrected chi connectivity index (χ4v) is 8.16. The minimum atomic E-state index is -4.44. The second-order valence-electron chi connectivity index (χ2n) is 16.2. The van der Waals surface area contributed by atoms with Crippen molar-refractivity contribution >= 4 is 81.2 Å². The highest BCUT2D eigenvalue weighted by molar-refractivity contribution is 6.33. The molecule has 3 aliphatic rings. The topological polar surface area (TPSA) is 199 Å². The first-order chi connectivity index (χ1) is 35.1. The first-order valence-electron chi connectivity index (χ1n) is 22.7. The number of alkyl halides is 3. The number of nitrogens with one attached hydrogen (secondary N) is 6. The van der Waals surface area contributed by atoms with E-state index in [2.05, 4.69) is 51.6 Å². The number of halogens is 7. The van der Waals surface area contributed by atoms with Gasteiger partial charge in [-0.3, -0.25) is 14.4 Å². The standard InChI is InChI=1S/C18H18F3N3O3.2C16H15Cl2N3O2/c19-18(20,21)11-27-16-6-3-13(9-23-16)17(25)24-14-4-1-12(2-5-14)15-10-22-7-8-26-15;2*17-14-7-11(8-15(18)21-14)16(22)20-12-3-1-10(2-4-12)13-9-19-5-6-23-13/h1-6,9,15,22H,7-8,10-11H2,(H,24,25);2*1-4,7-8,13,19H,5-6,9H2,(H,20,22)/t15-;2*13-/m110/s1. The second kappa shape index (κ2) is 26.8. The smallest absolute Gasteiger partial charge is 0.422 e. The molecule has 6 heterocycles. The number of aromatic nitrogens is 3. The van der Waals surface area contributed by atoms with E-state index in [0.717, 1.165) is 62.2 Å². The van der Waals surface area contributed by atoms with Crippen LogP contribution in [0.4, 0.5) is 30.2 Å². The van der Waals surface area contributed by atoms with Crippen LogP contribution in [0.25, 0.3) is 0 Å². The average Bonchev–Trinajstić information content (AvgIpc) is 3.39. The van der Waals surface area contributed by atoms with Gasteiger partial charge in [0.1, 0.15) is 20.6 Å². The third kappa shape index (κ3) is 17.6. The Labute approximate surface area is 438 Å². The summed E-state index contributed by atoms with van der Waals surface area (Å²) < 4.78 is 57.9. The molecule has 3 saturated heterocycles. The molecule has 16 nitrogen and oxygen atoms in total. The number of ether oxygens (including phenoxy) is 4. The lowest BCUT2D eigenvalue weighted by Gasteiger charge is -2.24. The maximum Gasteiger partial charge on any atom is 0.422 e. The maximum atomic E-state index is 12.2. The lowest BCUT2D eigenvalue weighted by molar-refractivity contribution is -0.154. The van der Waals surface area contributed by atoms with Gasteiger partial charge in [-0.25, -0.2) is 15.0 Å². The number of carbonyl (C=O) groups excluding carboxylic acids is 3. The van der Waals surface area contributed by atoms with E-state index < -0.39 is 18.7 Å². The van der Waals surface area contributed by atoms with Crippen LogP contribution in [-0.2, 0) is 14.2 Å². The summed E-state index contributed by atoms with van der Waals surface area (Å²) in [6.45, 7) is 5.53. The molecular formula is C50H48Cl4F3N9O7. The molecule has 3 aliphatic heterocycles. The van der Waals surface area contributed by atoms with Gasteiger partial charge in [0.05, 0.1) is 43.7 Å². The van der Waals surface area contributed by atoms with Crippen LogP contribution in [0.2, 0.25) is 20.6 Å². The van der Waals surface area contributed by atoms with Crippen molar-refractivity contribution in [1.29, 1.82) is 0 Å². The average molecular weight is 1090 g/mol. The van der Waals surface area contributed by atoms with Crippen LogP contribution >= 0.6 is 46.4 Å². The summed E-state index contributed by atoms with van der Waals surface area (Å²) in [5, 5.41) is 18.9. The number of hydrogen-bond acceptors (Lipinski definition) is 13. The fraction of sp³-hybridized carbons (Fsp3) is 0.280. The Morgan fingerprint density at radius 1 is 0.534 bits per heavy atom. The van der Waals surface area contributed by atoms with E-state index >= 15 is 0 Å². The summed E-state index contributed by atoms with van der Waals surface area (Å²) in [6.07, 6.45) is -3.20. The molecule has 0 bridgehead atoms. The van der Waals surface area contributed by atoms with Crippen LogP contribution in [0.1, 0.15) is 66.1 Å². The molecule has 73 heavy (non-hydrogen) atoms. The zero-order valence-electron chi connectivity index (χ0n) is 38.6. The van der Waals surface area contributed by atoms with Crippen molar-refractivity contribution in [1.82, 2.24) is 30.9 Å². The number of carbonyl (C=O) groups is 3. The normalized spacial score (nSPS) is 17.6. The molecule has 23 heteroatoms. The van der Waals surface area contributed by atoms with Gasteiger partial charge in [-0.1, -0.05) is 82.8 Å². The van der Waals surface area contributed by atoms with Crippen molar-refractivity contribution in [3.63, 3.8) is 0 Å². The number of hydrogen-bond donors (Lipinski definition) is 6. The molecule has 9 rings (SSSR count). The third-order valence-electron chi connectivity index (χ3n) is 10.8. The first kappa shape index (κ1) is 54.8. The Bertz CT molecular complexity index is 2600. The number of nitrogens with zero attached hydrogens (tertiary/aromatic N) is 3. The van der Waals surface area contributed by atoms with Gasteiger partial charge in [0.25, 0.3) is 17.7 Å². The Morgan fingerprint density at radius 2 is 0.877 bits per heavy atom. The quantitative estimate of drug-likeness (QED) is 0.0672. The van der Waals surface area contributed by atoms with Crippen LogP contribution in [-0.4, -0.2) is 105 Å². The SMILES string of the molecule is O=C(Nc1ccc([C@@H]2CNCCO2)cc1)c1cc(Cl)nc(Cl)c1.O=C(Nc1ccc([C@H]2CNCCO2)cc1)c1cc(Cl)nc(Cl)c1.O=C(Nc1ccc([C@H]2CNCCO2)cc1)c1ccc(OCC(F)(F)F)nc1. The van der Waals surface area contributed by atoms with Gasteiger partial charge in [-0.2, -0.15) is 13.2 Å². The Kier molecular flexibility index (Phi) is 20.1. The highest BCUT2D eigenvalue weighted by Gasteiger charge is 2.29. The van der Waals surface area contributed by atoms with Gasteiger partial charge in [0.15, 0.2) is 6.61 Å². The van der Waals surface area contributed by atoms with Gasteiger partial charge >= 0.3 is 6.18 Å². The van der Waals surface area contributed by atoms with E-state index in [0.29, 0.717) is 48.0 Å². The van der Waals surface area contributed by atoms with Crippen molar-refractivity contribution in [2.75, 3.05) is 81.6 Å². The number of amides is 3. The predicted molar refractivity (Wildman–Crippen MR) is 272 cm³/mol. The van der Waals surface area contributed by atoms with E-state index in [1.807, 2.05) is 60.7 Å². The fourth-order valence-electron chi connectivity index (χ4n) is 7.24. The molecule has 6 aromatic rings. The van der Waals surface area contributed by atoms with Crippen LogP contribution in [0, 0.1) is 0 Å². The summed E-state index contributed by atoms with van der Waals surface area (Å²) in [5.74, 6) is -1.21. The van der Waals surface area contributed by atoms with Gasteiger partial charge in [-0.15, -0.1) is 0 Å². The molecule has 0 spiro atoms. The van der Waals surface area contributed by atoms with Crippen LogP contribution in [0.3, 0.4) is 0 Å². The number of benzene rings is 3. The molecule has 6 N–H and O–H groups in total. The van der Waals surface area contributed by atoms with Crippen LogP contribution in [0.5, 0.6) is 5.88 Å². The predicted octanol–water partition coefficient (Wildman–Crippen LogP) is 9.54. The zero-order valence-corrected chi connectivity index (χ0v) is 41.6. The van der Waals surface area contributed by atoms with E-state index in [1.165, 1.54) is 36.4 Å².